The molecule has 3 aromatic rings. The van der Waals surface area contributed by atoms with Crippen LogP contribution in [0.4, 0.5) is 0 Å². The van der Waals surface area contributed by atoms with E-state index in [0.717, 1.165) is 5.56 Å². The first-order chi connectivity index (χ1) is 15.5. The monoisotopic (exact) mass is 430 g/mol. The molecular formula is C25H22N2O5. The molecule has 162 valence electrons. The summed E-state index contributed by atoms with van der Waals surface area (Å²) in [6, 6.07) is 15.7. The highest BCUT2D eigenvalue weighted by Crippen LogP contribution is 2.41. The number of likely N-dealkylation sites (tertiary alicyclic amines) is 1. The number of phenols is 1. The Kier molecular flexibility index (Phi) is 5.89. The van der Waals surface area contributed by atoms with Crippen LogP contribution in [0.1, 0.15) is 29.7 Å². The lowest BCUT2D eigenvalue weighted by Crippen LogP contribution is -2.29. The number of carbonyl (C=O) groups excluding carboxylic acids is 2. The summed E-state index contributed by atoms with van der Waals surface area (Å²) in [6.45, 7) is 2.41. The number of benzene rings is 2. The SMILES string of the molecule is CCOc1cccc(/C(O)=C2\C(=O)C(=O)N(Cc3cccnc3)C2c2cccc(O)c2)c1. The van der Waals surface area contributed by atoms with Crippen molar-refractivity contribution in [1.82, 2.24) is 9.88 Å². The molecule has 1 atom stereocenters. The molecule has 0 spiro atoms. The van der Waals surface area contributed by atoms with Crippen molar-refractivity contribution in [3.05, 3.63) is 95.3 Å². The maximum absolute atomic E-state index is 13.1. The zero-order valence-electron chi connectivity index (χ0n) is 17.4. The van der Waals surface area contributed by atoms with Gasteiger partial charge in [-0.25, -0.2) is 0 Å². The Morgan fingerprint density at radius 3 is 2.62 bits per heavy atom. The van der Waals surface area contributed by atoms with Gasteiger partial charge in [-0.3, -0.25) is 14.6 Å². The van der Waals surface area contributed by atoms with Gasteiger partial charge in [-0.15, -0.1) is 0 Å². The molecule has 1 aliphatic rings. The third-order valence-corrected chi connectivity index (χ3v) is 5.22. The first kappa shape index (κ1) is 21.1. The lowest BCUT2D eigenvalue weighted by Gasteiger charge is -2.25. The van der Waals surface area contributed by atoms with Crippen molar-refractivity contribution < 1.29 is 24.5 Å². The number of ether oxygens (including phenoxy) is 1. The van der Waals surface area contributed by atoms with Crippen LogP contribution in [-0.2, 0) is 16.1 Å². The number of amides is 1. The lowest BCUT2D eigenvalue weighted by molar-refractivity contribution is -0.140. The van der Waals surface area contributed by atoms with Crippen molar-refractivity contribution in [2.24, 2.45) is 0 Å². The molecule has 0 saturated carbocycles. The average Bonchev–Trinajstić information content (AvgIpc) is 3.05. The normalized spacial score (nSPS) is 17.5. The number of aliphatic hydroxyl groups excluding tert-OH is 1. The van der Waals surface area contributed by atoms with Crippen molar-refractivity contribution in [2.75, 3.05) is 6.61 Å². The minimum Gasteiger partial charge on any atom is -0.508 e. The van der Waals surface area contributed by atoms with Gasteiger partial charge in [0, 0.05) is 24.5 Å². The fourth-order valence-corrected chi connectivity index (χ4v) is 3.83. The molecule has 1 saturated heterocycles. The number of phenolic OH excluding ortho intramolecular Hbond substituents is 1. The van der Waals surface area contributed by atoms with Crippen LogP contribution in [0.15, 0.2) is 78.6 Å². The van der Waals surface area contributed by atoms with Gasteiger partial charge < -0.3 is 19.8 Å². The maximum Gasteiger partial charge on any atom is 0.295 e. The number of ketones is 1. The number of aromatic nitrogens is 1. The Bertz CT molecular complexity index is 1190. The molecule has 7 heteroatoms. The van der Waals surface area contributed by atoms with Crippen LogP contribution in [0.25, 0.3) is 5.76 Å². The number of pyridine rings is 1. The molecule has 0 bridgehead atoms. The molecule has 1 aromatic heterocycles. The highest BCUT2D eigenvalue weighted by atomic mass is 16.5. The van der Waals surface area contributed by atoms with Crippen LogP contribution >= 0.6 is 0 Å². The highest BCUT2D eigenvalue weighted by Gasteiger charge is 2.46. The maximum atomic E-state index is 13.1. The molecule has 1 aliphatic heterocycles. The van der Waals surface area contributed by atoms with E-state index in [1.165, 1.54) is 17.0 Å². The summed E-state index contributed by atoms with van der Waals surface area (Å²) >= 11 is 0. The van der Waals surface area contributed by atoms with Gasteiger partial charge in [-0.2, -0.15) is 0 Å². The number of carbonyl (C=O) groups is 2. The number of nitrogens with zero attached hydrogens (tertiary/aromatic N) is 2. The molecular weight excluding hydrogens is 408 g/mol. The number of hydrogen-bond donors (Lipinski definition) is 2. The number of aromatic hydroxyl groups is 1. The first-order valence-electron chi connectivity index (χ1n) is 10.2. The van der Waals surface area contributed by atoms with Crippen molar-refractivity contribution in [2.45, 2.75) is 19.5 Å². The van der Waals surface area contributed by atoms with Gasteiger partial charge >= 0.3 is 0 Å². The predicted molar refractivity (Wildman–Crippen MR) is 118 cm³/mol. The second kappa shape index (κ2) is 8.93. The minimum atomic E-state index is -0.877. The summed E-state index contributed by atoms with van der Waals surface area (Å²) in [5.41, 5.74) is 1.56. The van der Waals surface area contributed by atoms with Crippen molar-refractivity contribution in [1.29, 1.82) is 0 Å². The molecule has 0 radical (unpaired) electrons. The average molecular weight is 430 g/mol. The second-order valence-electron chi connectivity index (χ2n) is 7.34. The largest absolute Gasteiger partial charge is 0.508 e. The first-order valence-corrected chi connectivity index (χ1v) is 10.2. The standard InChI is InChI=1S/C25H22N2O5/c1-2-32-20-10-4-8-18(13-20)23(29)21-22(17-7-3-9-19(28)12-17)27(25(31)24(21)30)15-16-6-5-11-26-14-16/h3-14,22,28-29H,2,15H2,1H3/b23-21+. The van der Waals surface area contributed by atoms with Gasteiger partial charge in [-0.1, -0.05) is 30.3 Å². The van der Waals surface area contributed by atoms with Gasteiger partial charge in [0.25, 0.3) is 11.7 Å². The Morgan fingerprint density at radius 1 is 1.09 bits per heavy atom. The number of hydrogen-bond acceptors (Lipinski definition) is 6. The van der Waals surface area contributed by atoms with Crippen molar-refractivity contribution in [3.8, 4) is 11.5 Å². The van der Waals surface area contributed by atoms with E-state index in [2.05, 4.69) is 4.98 Å². The molecule has 1 fully saturated rings. The number of rotatable bonds is 6. The summed E-state index contributed by atoms with van der Waals surface area (Å²) in [4.78, 5) is 31.6. The van der Waals surface area contributed by atoms with Gasteiger partial charge in [0.05, 0.1) is 18.2 Å². The summed E-state index contributed by atoms with van der Waals surface area (Å²) < 4.78 is 5.50. The Labute approximate surface area is 185 Å². The minimum absolute atomic E-state index is 0.00666. The van der Waals surface area contributed by atoms with E-state index in [9.17, 15) is 19.8 Å². The third-order valence-electron chi connectivity index (χ3n) is 5.22. The highest BCUT2D eigenvalue weighted by molar-refractivity contribution is 6.46. The van der Waals surface area contributed by atoms with E-state index in [0.29, 0.717) is 23.5 Å². The fourth-order valence-electron chi connectivity index (χ4n) is 3.83. The Balaban J connectivity index is 1.85. The molecule has 4 rings (SSSR count). The lowest BCUT2D eigenvalue weighted by atomic mass is 9.95. The van der Waals surface area contributed by atoms with E-state index >= 15 is 0 Å². The molecule has 2 aromatic carbocycles. The molecule has 1 unspecified atom stereocenters. The van der Waals surface area contributed by atoms with Gasteiger partial charge in [0.1, 0.15) is 17.3 Å². The molecule has 2 N–H and O–H groups in total. The van der Waals surface area contributed by atoms with Crippen LogP contribution in [0.5, 0.6) is 11.5 Å². The molecule has 2 heterocycles. The number of aliphatic hydroxyl groups is 1. The van der Waals surface area contributed by atoms with Gasteiger partial charge in [0.2, 0.25) is 0 Å². The van der Waals surface area contributed by atoms with E-state index in [4.69, 9.17) is 4.74 Å². The van der Waals surface area contributed by atoms with Gasteiger partial charge in [-0.05, 0) is 48.4 Å². The second-order valence-corrected chi connectivity index (χ2v) is 7.34. The summed E-state index contributed by atoms with van der Waals surface area (Å²) in [5.74, 6) is -1.29. The van der Waals surface area contributed by atoms with E-state index < -0.39 is 17.7 Å². The Morgan fingerprint density at radius 2 is 1.91 bits per heavy atom. The predicted octanol–water partition coefficient (Wildman–Crippen LogP) is 3.81. The number of Topliss-reactive ketones (excluding diaryl/α,β-unsaturated/α-hetero) is 1. The van der Waals surface area contributed by atoms with Crippen LogP contribution in [0.3, 0.4) is 0 Å². The third kappa shape index (κ3) is 4.05. The van der Waals surface area contributed by atoms with E-state index in [1.54, 1.807) is 60.9 Å². The molecule has 7 nitrogen and oxygen atoms in total. The summed E-state index contributed by atoms with van der Waals surface area (Å²) in [5, 5.41) is 21.2. The van der Waals surface area contributed by atoms with Crippen molar-refractivity contribution in [3.63, 3.8) is 0 Å². The topological polar surface area (TPSA) is 100.0 Å². The zero-order chi connectivity index (χ0) is 22.7. The van der Waals surface area contributed by atoms with Crippen LogP contribution in [-0.4, -0.2) is 38.4 Å². The summed E-state index contributed by atoms with van der Waals surface area (Å²) in [7, 11) is 0. The van der Waals surface area contributed by atoms with Crippen LogP contribution < -0.4 is 4.74 Å². The molecule has 1 amide bonds. The van der Waals surface area contributed by atoms with E-state index in [1.807, 2.05) is 6.92 Å². The zero-order valence-corrected chi connectivity index (χ0v) is 17.4. The van der Waals surface area contributed by atoms with E-state index in [-0.39, 0.29) is 23.6 Å². The quantitative estimate of drug-likeness (QED) is 0.350. The molecule has 32 heavy (non-hydrogen) atoms. The van der Waals surface area contributed by atoms with Crippen LogP contribution in [0, 0.1) is 0 Å². The molecule has 0 aliphatic carbocycles. The van der Waals surface area contributed by atoms with Crippen molar-refractivity contribution >= 4 is 17.4 Å². The Hall–Kier alpha value is -4.13. The van der Waals surface area contributed by atoms with Gasteiger partial charge in [0.15, 0.2) is 0 Å². The van der Waals surface area contributed by atoms with Crippen LogP contribution in [0.2, 0.25) is 0 Å². The summed E-state index contributed by atoms with van der Waals surface area (Å²) in [6.07, 6.45) is 3.24. The fraction of sp³-hybridized carbons (Fsp3) is 0.160. The smallest absolute Gasteiger partial charge is 0.295 e.